The number of pyridine rings is 1. The smallest absolute Gasteiger partial charge is 0.303 e. The Morgan fingerprint density at radius 3 is 2.29 bits per heavy atom. The molecule has 0 amide bonds. The standard InChI is InChI=1S/C35H33N3O3/c1-38-31-22-28(25-15-12-24(13-16-25)14-21-33(39)40)17-19-30(31)34(37-38)29-18-20-32(36-23-29)41-35(26-8-4-2-5-9-26)27-10-6-3-7-11-27/h2-11,15,17-20,22-24,35H,12-14,16,21H2,1H3,(H,39,40). The molecule has 1 aliphatic carbocycles. The van der Waals surface area contributed by atoms with Gasteiger partial charge in [-0.25, -0.2) is 4.98 Å². The molecule has 5 aromatic rings. The molecule has 6 rings (SSSR count). The third kappa shape index (κ3) is 5.92. The fourth-order valence-electron chi connectivity index (χ4n) is 5.71. The lowest BCUT2D eigenvalue weighted by atomic mass is 9.84. The van der Waals surface area contributed by atoms with Crippen molar-refractivity contribution in [1.29, 1.82) is 0 Å². The minimum atomic E-state index is -0.710. The lowest BCUT2D eigenvalue weighted by Gasteiger charge is -2.21. The normalized spacial score (nSPS) is 15.2. The van der Waals surface area contributed by atoms with Gasteiger partial charge in [0, 0.05) is 36.7 Å². The second kappa shape index (κ2) is 11.8. The summed E-state index contributed by atoms with van der Waals surface area (Å²) in [5.74, 6) is 0.301. The number of aromatic nitrogens is 3. The van der Waals surface area contributed by atoms with Crippen LogP contribution in [0.1, 0.15) is 54.9 Å². The van der Waals surface area contributed by atoms with Crippen molar-refractivity contribution in [3.8, 4) is 17.1 Å². The lowest BCUT2D eigenvalue weighted by Crippen LogP contribution is -2.10. The van der Waals surface area contributed by atoms with Crippen LogP contribution in [0.2, 0.25) is 0 Å². The number of hydrogen-bond donors (Lipinski definition) is 1. The van der Waals surface area contributed by atoms with Gasteiger partial charge >= 0.3 is 5.97 Å². The molecule has 1 aliphatic rings. The van der Waals surface area contributed by atoms with Crippen LogP contribution in [0.4, 0.5) is 0 Å². The number of carbonyl (C=O) groups is 1. The molecule has 2 heterocycles. The third-order valence-corrected chi connectivity index (χ3v) is 7.96. The van der Waals surface area contributed by atoms with Gasteiger partial charge in [0.25, 0.3) is 0 Å². The minimum Gasteiger partial charge on any atom is -0.481 e. The Labute approximate surface area is 239 Å². The average molecular weight is 544 g/mol. The molecule has 3 aromatic carbocycles. The lowest BCUT2D eigenvalue weighted by molar-refractivity contribution is -0.137. The van der Waals surface area contributed by atoms with Crippen molar-refractivity contribution in [2.45, 2.75) is 38.2 Å². The van der Waals surface area contributed by atoms with Crippen LogP contribution >= 0.6 is 0 Å². The van der Waals surface area contributed by atoms with E-state index in [0.717, 1.165) is 59.0 Å². The quantitative estimate of drug-likeness (QED) is 0.205. The van der Waals surface area contributed by atoms with E-state index in [-0.39, 0.29) is 12.5 Å². The molecule has 6 nitrogen and oxygen atoms in total. The number of carboxylic acid groups (broad SMARTS) is 1. The van der Waals surface area contributed by atoms with Gasteiger partial charge in [-0.2, -0.15) is 5.10 Å². The van der Waals surface area contributed by atoms with Gasteiger partial charge in [-0.3, -0.25) is 9.48 Å². The third-order valence-electron chi connectivity index (χ3n) is 7.96. The first-order chi connectivity index (χ1) is 20.0. The van der Waals surface area contributed by atoms with Gasteiger partial charge in [0.2, 0.25) is 5.88 Å². The Morgan fingerprint density at radius 2 is 1.68 bits per heavy atom. The molecular weight excluding hydrogens is 510 g/mol. The van der Waals surface area contributed by atoms with E-state index in [9.17, 15) is 4.79 Å². The molecule has 206 valence electrons. The van der Waals surface area contributed by atoms with Gasteiger partial charge in [-0.05, 0) is 72.1 Å². The summed E-state index contributed by atoms with van der Waals surface area (Å²) >= 11 is 0. The van der Waals surface area contributed by atoms with Gasteiger partial charge in [0.05, 0.1) is 5.52 Å². The predicted molar refractivity (Wildman–Crippen MR) is 161 cm³/mol. The van der Waals surface area contributed by atoms with Gasteiger partial charge in [0.1, 0.15) is 5.69 Å². The van der Waals surface area contributed by atoms with Crippen LogP contribution in [0.3, 0.4) is 0 Å². The fraction of sp³-hybridized carbons (Fsp3) is 0.229. The monoisotopic (exact) mass is 543 g/mol. The molecule has 2 aromatic heterocycles. The predicted octanol–water partition coefficient (Wildman–Crippen LogP) is 7.85. The number of benzene rings is 3. The van der Waals surface area contributed by atoms with Crippen LogP contribution in [0, 0.1) is 5.92 Å². The zero-order chi connectivity index (χ0) is 28.2. The molecule has 0 spiro atoms. The topological polar surface area (TPSA) is 77.2 Å². The molecule has 0 aliphatic heterocycles. The number of carboxylic acids is 1. The highest BCUT2D eigenvalue weighted by atomic mass is 16.5. The number of aryl methyl sites for hydroxylation is 1. The van der Waals surface area contributed by atoms with E-state index >= 15 is 0 Å². The average Bonchev–Trinajstić information content (AvgIpc) is 3.35. The molecule has 1 N–H and O–H groups in total. The van der Waals surface area contributed by atoms with Crippen LogP contribution < -0.4 is 4.74 Å². The largest absolute Gasteiger partial charge is 0.481 e. The number of allylic oxidation sites excluding steroid dienone is 2. The van der Waals surface area contributed by atoms with E-state index in [2.05, 4.69) is 53.5 Å². The van der Waals surface area contributed by atoms with Gasteiger partial charge in [0.15, 0.2) is 6.10 Å². The maximum absolute atomic E-state index is 10.9. The van der Waals surface area contributed by atoms with Crippen molar-refractivity contribution in [2.75, 3.05) is 0 Å². The van der Waals surface area contributed by atoms with Crippen molar-refractivity contribution >= 4 is 22.4 Å². The number of fused-ring (bicyclic) bond motifs is 1. The summed E-state index contributed by atoms with van der Waals surface area (Å²) in [5, 5.41) is 14.9. The highest BCUT2D eigenvalue weighted by Crippen LogP contribution is 2.36. The number of rotatable bonds is 9. The Balaban J connectivity index is 1.22. The van der Waals surface area contributed by atoms with Crippen molar-refractivity contribution in [3.05, 3.63) is 120 Å². The van der Waals surface area contributed by atoms with Crippen LogP contribution in [0.25, 0.3) is 27.7 Å². The van der Waals surface area contributed by atoms with E-state index in [1.54, 1.807) is 0 Å². The zero-order valence-corrected chi connectivity index (χ0v) is 23.1. The van der Waals surface area contributed by atoms with Gasteiger partial charge in [-0.1, -0.05) is 72.8 Å². The van der Waals surface area contributed by atoms with E-state index < -0.39 is 5.97 Å². The second-order valence-electron chi connectivity index (χ2n) is 10.7. The fourth-order valence-corrected chi connectivity index (χ4v) is 5.71. The molecule has 0 saturated heterocycles. The van der Waals surface area contributed by atoms with E-state index in [4.69, 9.17) is 14.9 Å². The van der Waals surface area contributed by atoms with Crippen LogP contribution in [-0.4, -0.2) is 25.8 Å². The first kappa shape index (κ1) is 26.5. The first-order valence-corrected chi connectivity index (χ1v) is 14.2. The highest BCUT2D eigenvalue weighted by molar-refractivity contribution is 5.95. The van der Waals surface area contributed by atoms with E-state index in [1.807, 2.05) is 66.5 Å². The molecule has 41 heavy (non-hydrogen) atoms. The Morgan fingerprint density at radius 1 is 0.976 bits per heavy atom. The summed E-state index contributed by atoms with van der Waals surface area (Å²) in [4.78, 5) is 15.6. The Hall–Kier alpha value is -4.71. The van der Waals surface area contributed by atoms with Crippen molar-refractivity contribution < 1.29 is 14.6 Å². The minimum absolute atomic E-state index is 0.250. The molecule has 6 heteroatoms. The zero-order valence-electron chi connectivity index (χ0n) is 23.1. The molecule has 0 saturated carbocycles. The summed E-state index contributed by atoms with van der Waals surface area (Å²) in [6.45, 7) is 0. The second-order valence-corrected chi connectivity index (χ2v) is 10.7. The highest BCUT2D eigenvalue weighted by Gasteiger charge is 2.19. The summed E-state index contributed by atoms with van der Waals surface area (Å²) in [7, 11) is 1.97. The summed E-state index contributed by atoms with van der Waals surface area (Å²) in [6.07, 6.45) is 7.80. The van der Waals surface area contributed by atoms with Gasteiger partial charge < -0.3 is 9.84 Å². The van der Waals surface area contributed by atoms with Crippen molar-refractivity contribution in [3.63, 3.8) is 0 Å². The maximum Gasteiger partial charge on any atom is 0.303 e. The summed E-state index contributed by atoms with van der Waals surface area (Å²) in [5.41, 5.74) is 7.57. The van der Waals surface area contributed by atoms with Crippen LogP contribution in [0.5, 0.6) is 5.88 Å². The van der Waals surface area contributed by atoms with Crippen molar-refractivity contribution in [1.82, 2.24) is 14.8 Å². The van der Waals surface area contributed by atoms with Crippen LogP contribution in [0.15, 0.2) is 103 Å². The summed E-state index contributed by atoms with van der Waals surface area (Å²) in [6, 6.07) is 30.8. The van der Waals surface area contributed by atoms with Gasteiger partial charge in [-0.15, -0.1) is 0 Å². The Bertz CT molecular complexity index is 1640. The number of hydrogen-bond acceptors (Lipinski definition) is 4. The maximum atomic E-state index is 10.9. The number of ether oxygens (including phenoxy) is 1. The number of nitrogens with zero attached hydrogens (tertiary/aromatic N) is 3. The molecule has 1 atom stereocenters. The first-order valence-electron chi connectivity index (χ1n) is 14.2. The van der Waals surface area contributed by atoms with Crippen LogP contribution in [-0.2, 0) is 11.8 Å². The summed E-state index contributed by atoms with van der Waals surface area (Å²) < 4.78 is 8.34. The molecule has 1 unspecified atom stereocenters. The van der Waals surface area contributed by atoms with E-state index in [0.29, 0.717) is 11.8 Å². The SMILES string of the molecule is Cn1nc(-c2ccc(OC(c3ccccc3)c3ccccc3)nc2)c2ccc(C3=CCC(CCC(=O)O)CC3)cc21. The molecule has 0 bridgehead atoms. The molecular formula is C35H33N3O3. The Kier molecular flexibility index (Phi) is 7.63. The van der Waals surface area contributed by atoms with E-state index in [1.165, 1.54) is 11.1 Å². The molecule has 0 fully saturated rings. The van der Waals surface area contributed by atoms with Crippen molar-refractivity contribution in [2.24, 2.45) is 13.0 Å². The molecule has 0 radical (unpaired) electrons. The number of aliphatic carboxylic acids is 1.